The van der Waals surface area contributed by atoms with Crippen molar-refractivity contribution in [2.24, 2.45) is 7.05 Å². The number of phosphoric acid groups is 4. The van der Waals surface area contributed by atoms with Crippen molar-refractivity contribution in [3.05, 3.63) is 46.0 Å². The summed E-state index contributed by atoms with van der Waals surface area (Å²) in [5, 5.41) is 33.0. The van der Waals surface area contributed by atoms with Gasteiger partial charge >= 0.3 is 36.9 Å². The lowest BCUT2D eigenvalue weighted by atomic mass is 10.1. The third-order valence-electron chi connectivity index (χ3n) is 11.7. The van der Waals surface area contributed by atoms with Crippen molar-refractivity contribution in [1.82, 2.24) is 53.6 Å². The van der Waals surface area contributed by atoms with Gasteiger partial charge < -0.3 is 75.8 Å². The lowest BCUT2D eigenvalue weighted by Gasteiger charge is -2.26. The van der Waals surface area contributed by atoms with Crippen LogP contribution in [0, 0.1) is 0 Å². The molecule has 9 rings (SSSR count). The molecule has 6 aromatic rings. The number of hydrogen-bond donors (Lipinski definition) is 12. The third kappa shape index (κ3) is 11.0. The summed E-state index contributed by atoms with van der Waals surface area (Å²) in [6, 6.07) is 0. The highest BCUT2D eigenvalue weighted by Gasteiger charge is 2.54. The average molecular weight is 1160 g/mol. The predicted octanol–water partition coefficient (Wildman–Crippen LogP) is -4.06. The molecule has 3 fully saturated rings. The van der Waals surface area contributed by atoms with E-state index in [-0.39, 0.29) is 51.2 Å². The van der Waals surface area contributed by atoms with Gasteiger partial charge in [0.05, 0.1) is 43.6 Å². The zero-order valence-corrected chi connectivity index (χ0v) is 42.0. The smallest absolute Gasteiger partial charge is 0.387 e. The van der Waals surface area contributed by atoms with Gasteiger partial charge in [0.15, 0.2) is 41.4 Å². The van der Waals surface area contributed by atoms with Crippen LogP contribution in [0.25, 0.3) is 33.5 Å². The number of aromatic amines is 2. The van der Waals surface area contributed by atoms with Gasteiger partial charge in [-0.2, -0.15) is 13.6 Å². The molecule has 416 valence electrons. The molecule has 6 aromatic heterocycles. The maximum absolute atomic E-state index is 13.7. The first-order valence-corrected chi connectivity index (χ1v) is 27.3. The Morgan fingerprint density at radius 3 is 1.96 bits per heavy atom. The number of H-pyrrole nitrogens is 2. The fourth-order valence-electron chi connectivity index (χ4n) is 8.42. The van der Waals surface area contributed by atoms with E-state index in [1.54, 1.807) is 0 Å². The minimum atomic E-state index is -6.30. The minimum Gasteiger partial charge on any atom is -0.387 e. The molecule has 0 bridgehead atoms. The molecule has 0 aromatic carbocycles. The van der Waals surface area contributed by atoms with Crippen molar-refractivity contribution >= 4 is 82.5 Å². The van der Waals surface area contributed by atoms with Crippen LogP contribution in [0.15, 0.2) is 34.9 Å². The highest BCUT2D eigenvalue weighted by molar-refractivity contribution is 7.66. The zero-order chi connectivity index (χ0) is 57.5. The fourth-order valence-corrected chi connectivity index (χ4v) is 12.9. The van der Waals surface area contributed by atoms with Crippen LogP contribution in [-0.2, 0) is 75.7 Å². The number of anilines is 3. The molecule has 0 amide bonds. The molecule has 3 aliphatic heterocycles. The Bertz CT molecular complexity index is 3610. The summed E-state index contributed by atoms with van der Waals surface area (Å²) in [4.78, 5) is 96.1. The Hall–Kier alpha value is -5.15. The van der Waals surface area contributed by atoms with E-state index < -0.39 is 143 Å². The summed E-state index contributed by atoms with van der Waals surface area (Å²) >= 11 is 0. The first-order chi connectivity index (χ1) is 36.8. The zero-order valence-electron chi connectivity index (χ0n) is 41.4. The lowest BCUT2D eigenvalue weighted by Crippen LogP contribution is -2.46. The van der Waals surface area contributed by atoms with Crippen molar-refractivity contribution in [2.45, 2.75) is 73.6 Å². The van der Waals surface area contributed by atoms with Crippen LogP contribution in [0.4, 0.5) is 17.7 Å². The minimum absolute atomic E-state index is 0.0117. The predicted molar refractivity (Wildman–Crippen MR) is 244 cm³/mol. The van der Waals surface area contributed by atoms with E-state index in [4.69, 9.17) is 63.1 Å². The van der Waals surface area contributed by atoms with Gasteiger partial charge in [-0.15, -0.1) is 0 Å². The largest absolute Gasteiger partial charge is 0.490 e. The standard InChI is InChI=1S/C33H45N15O24P4/c1-45-10-48(26-16(45)28(53)44-33(36)42-26)30-19(51)20(62-2)12(68-30)5-65-74(56,57)71-76(60,61)72-75(58,59)66-6-13-21(22(63-3)31(69-13)46-8-39-14-23(34)37-7-38-24(14)46)70-73(54,55)64-4-11-17(49)18(50)29(67-11)47-9-40-15-25(47)41-32(35)43-27(15)52/h7-13,17-22,29-31,49-51H,4-6H2,1-3H3,(H11-,34,35,36,37,38,41,42,43,44,52,53,54,55,56,57,58,59,60,61)/p+1/t11-,12-,13-,17+,18?,19?,20+,21+,22?,29-,30-,31-/m1/s1/i2D3. The lowest BCUT2D eigenvalue weighted by molar-refractivity contribution is -0.745. The number of imidazole rings is 3. The molecule has 15 N–H and O–H groups in total. The van der Waals surface area contributed by atoms with Crippen molar-refractivity contribution in [3.63, 3.8) is 0 Å². The van der Waals surface area contributed by atoms with E-state index in [1.807, 2.05) is 0 Å². The van der Waals surface area contributed by atoms with Crippen LogP contribution in [0.3, 0.4) is 0 Å². The van der Waals surface area contributed by atoms with Gasteiger partial charge in [-0.1, -0.05) is 4.98 Å². The van der Waals surface area contributed by atoms with Crippen LogP contribution in [0.1, 0.15) is 22.8 Å². The number of aryl methyl sites for hydroxylation is 1. The molecule has 39 nitrogen and oxygen atoms in total. The second-order valence-electron chi connectivity index (χ2n) is 16.6. The Balaban J connectivity index is 0.877. The van der Waals surface area contributed by atoms with E-state index in [0.717, 1.165) is 35.2 Å². The van der Waals surface area contributed by atoms with Crippen LogP contribution in [-0.4, -0.2) is 177 Å². The molecule has 0 saturated carbocycles. The molecule has 7 unspecified atom stereocenters. The summed E-state index contributed by atoms with van der Waals surface area (Å²) in [6.45, 7) is -3.58. The number of hydrogen-bond acceptors (Lipinski definition) is 29. The number of ether oxygens (including phenoxy) is 5. The Kier molecular flexibility index (Phi) is 14.2. The molecule has 76 heavy (non-hydrogen) atoms. The van der Waals surface area contributed by atoms with E-state index in [9.17, 15) is 62.7 Å². The second-order valence-corrected chi connectivity index (χ2v) is 22.6. The number of nitrogens with two attached hydrogens (primary N) is 3. The van der Waals surface area contributed by atoms with E-state index in [0.29, 0.717) is 0 Å². The molecule has 0 radical (unpaired) electrons. The van der Waals surface area contributed by atoms with Gasteiger partial charge in [0.1, 0.15) is 66.8 Å². The van der Waals surface area contributed by atoms with Crippen LogP contribution >= 0.6 is 31.3 Å². The molecule has 43 heteroatoms. The van der Waals surface area contributed by atoms with Gasteiger partial charge in [0.2, 0.25) is 17.7 Å². The number of rotatable bonds is 20. The SMILES string of the molecule is [2H]C([2H])([2H])O[C@@H]1C(O)[C@H]([n+]2cn(C)c3c(=O)[nH]c(N)nc32)O[C@@H]1COP(=O)(O)OP(=O)(O)OP(=O)(O)OC[C@H]1O[C@@H](n2cnc3c(N)ncnc32)C(OC)[C@H]1OP(=O)(O)OC[C@H]1O[C@@H](n2cnc3c(=O)[nH]c(N)nc32)C(O)[C@H]1O. The maximum atomic E-state index is 13.7. The summed E-state index contributed by atoms with van der Waals surface area (Å²) < 4.78 is 137. The first-order valence-electron chi connectivity index (χ1n) is 22.8. The number of nitrogen functional groups attached to an aromatic ring is 3. The Morgan fingerprint density at radius 1 is 0.697 bits per heavy atom. The first kappa shape index (κ1) is 51.6. The monoisotopic (exact) mass is 1160 g/mol. The Morgan fingerprint density at radius 2 is 1.29 bits per heavy atom. The number of aliphatic hydroxyl groups excluding tert-OH is 3. The van der Waals surface area contributed by atoms with Crippen LogP contribution in [0.5, 0.6) is 0 Å². The number of nitrogens with one attached hydrogen (secondary N) is 2. The van der Waals surface area contributed by atoms with Crippen LogP contribution in [0.2, 0.25) is 0 Å². The molecule has 0 aliphatic carbocycles. The van der Waals surface area contributed by atoms with Crippen molar-refractivity contribution in [2.75, 3.05) is 51.2 Å². The molecule has 3 aliphatic rings. The number of aliphatic hydroxyl groups is 3. The van der Waals surface area contributed by atoms with Gasteiger partial charge in [0, 0.05) is 14.1 Å². The van der Waals surface area contributed by atoms with E-state index in [2.05, 4.69) is 48.5 Å². The highest BCUT2D eigenvalue weighted by Crippen LogP contribution is 2.68. The molecule has 3 saturated heterocycles. The number of nitrogens with zero attached hydrogens (tertiary/aromatic N) is 10. The summed E-state index contributed by atoms with van der Waals surface area (Å²) in [6.07, 6.45) is -16.6. The highest BCUT2D eigenvalue weighted by atomic mass is 31.3. The third-order valence-corrected chi connectivity index (χ3v) is 16.9. The van der Waals surface area contributed by atoms with Crippen molar-refractivity contribution < 1.29 is 112 Å². The van der Waals surface area contributed by atoms with Gasteiger partial charge in [0.25, 0.3) is 17.1 Å². The normalized spacial score (nSPS) is 31.0. The number of phosphoric ester groups is 3. The summed E-state index contributed by atoms with van der Waals surface area (Å²) in [5.41, 5.74) is 15.2. The molecule has 16 atom stereocenters. The molecule has 9 heterocycles. The average Bonchev–Trinajstić information content (AvgIpc) is 4.34. The van der Waals surface area contributed by atoms with Gasteiger partial charge in [-0.25, -0.2) is 42.8 Å². The molecule has 0 spiro atoms. The number of methoxy groups -OCH3 is 2. The fraction of sp³-hybridized carbons (Fsp3) is 0.545. The van der Waals surface area contributed by atoms with Gasteiger partial charge in [-0.05, 0) is 0 Å². The second kappa shape index (κ2) is 20.9. The summed E-state index contributed by atoms with van der Waals surface area (Å²) in [5.74, 6) is -0.796. The maximum Gasteiger partial charge on any atom is 0.490 e. The molecular weight excluding hydrogens is 1110 g/mol. The topological polar surface area (TPSA) is 551 Å². The van der Waals surface area contributed by atoms with Gasteiger partial charge in [-0.3, -0.25) is 51.4 Å². The summed E-state index contributed by atoms with van der Waals surface area (Å²) in [7, 11) is -24.6. The van der Waals surface area contributed by atoms with Crippen LogP contribution < -0.4 is 32.9 Å². The molecular formula is C33H46N15O24P4+. The quantitative estimate of drug-likeness (QED) is 0.0256. The van der Waals surface area contributed by atoms with E-state index >= 15 is 0 Å². The number of aromatic nitrogens is 12. The number of fused-ring (bicyclic) bond motifs is 3. The Labute approximate surface area is 425 Å². The van der Waals surface area contributed by atoms with Crippen molar-refractivity contribution in [1.29, 1.82) is 0 Å². The van der Waals surface area contributed by atoms with Crippen molar-refractivity contribution in [3.8, 4) is 0 Å². The van der Waals surface area contributed by atoms with E-state index in [1.165, 1.54) is 22.5 Å².